The average Bonchev–Trinajstić information content (AvgIpc) is 2.29. The van der Waals surface area contributed by atoms with Crippen molar-refractivity contribution in [2.45, 2.75) is 30.9 Å². The average molecular weight is 297 g/mol. The summed E-state index contributed by atoms with van der Waals surface area (Å²) in [5.41, 5.74) is 7.38. The first-order valence-electron chi connectivity index (χ1n) is 6.13. The maximum Gasteiger partial charge on any atom is 0.126 e. The van der Waals surface area contributed by atoms with Crippen molar-refractivity contribution in [1.82, 2.24) is 5.32 Å². The minimum absolute atomic E-state index is 0.0432. The van der Waals surface area contributed by atoms with Gasteiger partial charge in [-0.3, -0.25) is 0 Å². The Bertz CT molecular complexity index is 429. The minimum atomic E-state index is -0.0432. The van der Waals surface area contributed by atoms with E-state index in [-0.39, 0.29) is 11.6 Å². The summed E-state index contributed by atoms with van der Waals surface area (Å²) in [6.45, 7) is 2.05. The van der Waals surface area contributed by atoms with Crippen LogP contribution < -0.4 is 15.8 Å². The molecule has 0 saturated carbocycles. The van der Waals surface area contributed by atoms with Gasteiger partial charge in [0.2, 0.25) is 0 Å². The number of ether oxygens (including phenoxy) is 1. The number of nitrogens with one attached hydrogen (secondary N) is 1. The van der Waals surface area contributed by atoms with E-state index in [0.717, 1.165) is 48.1 Å². The van der Waals surface area contributed by atoms with E-state index in [1.807, 2.05) is 12.1 Å². The van der Waals surface area contributed by atoms with Crippen molar-refractivity contribution in [3.05, 3.63) is 28.2 Å². The molecule has 2 heterocycles. The van der Waals surface area contributed by atoms with Crippen LogP contribution >= 0.6 is 15.9 Å². The predicted octanol–water partition coefficient (Wildman–Crippen LogP) is 2.35. The predicted molar refractivity (Wildman–Crippen MR) is 71.2 cm³/mol. The molecule has 0 unspecified atom stereocenters. The van der Waals surface area contributed by atoms with Crippen LogP contribution in [0.1, 0.15) is 30.9 Å². The molecule has 1 saturated heterocycles. The third kappa shape index (κ3) is 2.09. The van der Waals surface area contributed by atoms with Gasteiger partial charge in [-0.05, 0) is 38.1 Å². The van der Waals surface area contributed by atoms with Gasteiger partial charge in [-0.1, -0.05) is 22.0 Å². The molecule has 1 atom stereocenters. The maximum atomic E-state index is 6.29. The van der Waals surface area contributed by atoms with Gasteiger partial charge in [0.05, 0.1) is 0 Å². The number of nitrogens with two attached hydrogens (primary N) is 1. The van der Waals surface area contributed by atoms with Crippen molar-refractivity contribution in [2.75, 3.05) is 13.1 Å². The summed E-state index contributed by atoms with van der Waals surface area (Å²) >= 11 is 3.49. The Balaban J connectivity index is 1.95. The van der Waals surface area contributed by atoms with E-state index in [9.17, 15) is 0 Å². The minimum Gasteiger partial charge on any atom is -0.487 e. The van der Waals surface area contributed by atoms with Crippen molar-refractivity contribution in [1.29, 1.82) is 0 Å². The van der Waals surface area contributed by atoms with E-state index in [1.165, 1.54) is 0 Å². The first-order chi connectivity index (χ1) is 8.19. The maximum absolute atomic E-state index is 6.29. The van der Waals surface area contributed by atoms with Crippen LogP contribution in [0.4, 0.5) is 0 Å². The van der Waals surface area contributed by atoms with Gasteiger partial charge in [0.1, 0.15) is 11.4 Å². The topological polar surface area (TPSA) is 47.3 Å². The summed E-state index contributed by atoms with van der Waals surface area (Å²) < 4.78 is 7.31. The third-order valence-electron chi connectivity index (χ3n) is 3.81. The molecule has 0 bridgehead atoms. The van der Waals surface area contributed by atoms with Crippen LogP contribution in [-0.4, -0.2) is 18.7 Å². The van der Waals surface area contributed by atoms with Gasteiger partial charge in [-0.2, -0.15) is 0 Å². The van der Waals surface area contributed by atoms with E-state index in [2.05, 4.69) is 27.3 Å². The van der Waals surface area contributed by atoms with Crippen LogP contribution in [0.3, 0.4) is 0 Å². The van der Waals surface area contributed by atoms with E-state index in [4.69, 9.17) is 10.5 Å². The fourth-order valence-electron chi connectivity index (χ4n) is 2.88. The number of rotatable bonds is 0. The van der Waals surface area contributed by atoms with Crippen LogP contribution in [0.5, 0.6) is 5.75 Å². The highest BCUT2D eigenvalue weighted by Crippen LogP contribution is 2.43. The molecule has 2 aliphatic rings. The zero-order valence-corrected chi connectivity index (χ0v) is 11.3. The SMILES string of the molecule is N[C@@H]1CC2(CCNCC2)Oc2cc(Br)ccc21. The van der Waals surface area contributed by atoms with Crippen LogP contribution in [0.2, 0.25) is 0 Å². The second-order valence-electron chi connectivity index (χ2n) is 5.03. The van der Waals surface area contributed by atoms with Crippen molar-refractivity contribution in [3.63, 3.8) is 0 Å². The van der Waals surface area contributed by atoms with Crippen LogP contribution in [-0.2, 0) is 0 Å². The molecule has 0 radical (unpaired) electrons. The van der Waals surface area contributed by atoms with Gasteiger partial charge in [0.15, 0.2) is 0 Å². The summed E-state index contributed by atoms with van der Waals surface area (Å²) in [5.74, 6) is 0.958. The molecule has 0 aliphatic carbocycles. The Morgan fingerprint density at radius 2 is 2.12 bits per heavy atom. The second kappa shape index (κ2) is 4.26. The van der Waals surface area contributed by atoms with Crippen molar-refractivity contribution in [2.24, 2.45) is 5.73 Å². The Kier molecular flexibility index (Phi) is 2.89. The number of hydrogen-bond acceptors (Lipinski definition) is 3. The number of piperidine rings is 1. The molecule has 0 amide bonds. The summed E-state index contributed by atoms with van der Waals surface area (Å²) in [6.07, 6.45) is 3.03. The second-order valence-corrected chi connectivity index (χ2v) is 5.94. The summed E-state index contributed by atoms with van der Waals surface area (Å²) in [7, 11) is 0. The van der Waals surface area contributed by atoms with Gasteiger partial charge in [0, 0.05) is 22.5 Å². The van der Waals surface area contributed by atoms with Crippen molar-refractivity contribution >= 4 is 15.9 Å². The zero-order chi connectivity index (χ0) is 11.9. The van der Waals surface area contributed by atoms with Gasteiger partial charge < -0.3 is 15.8 Å². The Morgan fingerprint density at radius 3 is 2.88 bits per heavy atom. The lowest BCUT2D eigenvalue weighted by Gasteiger charge is -2.43. The molecule has 1 aromatic carbocycles. The Hall–Kier alpha value is -0.580. The lowest BCUT2D eigenvalue weighted by molar-refractivity contribution is 0.00787. The molecule has 1 aromatic rings. The first-order valence-corrected chi connectivity index (χ1v) is 6.93. The fraction of sp³-hybridized carbons (Fsp3) is 0.538. The third-order valence-corrected chi connectivity index (χ3v) is 4.30. The van der Waals surface area contributed by atoms with Gasteiger partial charge in [-0.15, -0.1) is 0 Å². The monoisotopic (exact) mass is 296 g/mol. The zero-order valence-electron chi connectivity index (χ0n) is 9.71. The number of hydrogen-bond donors (Lipinski definition) is 2. The normalized spacial score (nSPS) is 26.4. The molecular weight excluding hydrogens is 280 g/mol. The molecule has 1 fully saturated rings. The van der Waals surface area contributed by atoms with Crippen molar-refractivity contribution < 1.29 is 4.74 Å². The largest absolute Gasteiger partial charge is 0.487 e. The molecule has 92 valence electrons. The van der Waals surface area contributed by atoms with E-state index in [1.54, 1.807) is 0 Å². The number of benzene rings is 1. The van der Waals surface area contributed by atoms with E-state index < -0.39 is 0 Å². The Morgan fingerprint density at radius 1 is 1.35 bits per heavy atom. The highest BCUT2D eigenvalue weighted by atomic mass is 79.9. The molecule has 2 aliphatic heterocycles. The van der Waals surface area contributed by atoms with Gasteiger partial charge >= 0.3 is 0 Å². The molecule has 3 N–H and O–H groups in total. The Labute approximate surface area is 110 Å². The van der Waals surface area contributed by atoms with Crippen molar-refractivity contribution in [3.8, 4) is 5.75 Å². The molecule has 0 aromatic heterocycles. The molecular formula is C13H17BrN2O. The fourth-order valence-corrected chi connectivity index (χ4v) is 3.22. The summed E-state index contributed by atoms with van der Waals surface area (Å²) in [6, 6.07) is 6.24. The first kappa shape index (κ1) is 11.5. The molecule has 3 rings (SSSR count). The lowest BCUT2D eigenvalue weighted by atomic mass is 9.81. The number of halogens is 1. The molecule has 17 heavy (non-hydrogen) atoms. The highest BCUT2D eigenvalue weighted by molar-refractivity contribution is 9.10. The summed E-state index contributed by atoms with van der Waals surface area (Å²) in [4.78, 5) is 0. The smallest absolute Gasteiger partial charge is 0.126 e. The van der Waals surface area contributed by atoms with Crippen LogP contribution in [0.15, 0.2) is 22.7 Å². The molecule has 3 nitrogen and oxygen atoms in total. The van der Waals surface area contributed by atoms with E-state index >= 15 is 0 Å². The van der Waals surface area contributed by atoms with Crippen LogP contribution in [0.25, 0.3) is 0 Å². The highest BCUT2D eigenvalue weighted by Gasteiger charge is 2.40. The number of fused-ring (bicyclic) bond motifs is 1. The van der Waals surface area contributed by atoms with Gasteiger partial charge in [-0.25, -0.2) is 0 Å². The quantitative estimate of drug-likeness (QED) is 0.773. The molecule has 4 heteroatoms. The van der Waals surface area contributed by atoms with Crippen LogP contribution in [0, 0.1) is 0 Å². The van der Waals surface area contributed by atoms with Gasteiger partial charge in [0.25, 0.3) is 0 Å². The lowest BCUT2D eigenvalue weighted by Crippen LogP contribution is -2.50. The summed E-state index contributed by atoms with van der Waals surface area (Å²) in [5, 5.41) is 3.38. The standard InChI is InChI=1S/C13H17BrN2O/c14-9-1-2-10-11(15)8-13(17-12(10)7-9)3-5-16-6-4-13/h1-2,7,11,16H,3-6,8,15H2/t11-/m1/s1. The molecule has 1 spiro atoms. The van der Waals surface area contributed by atoms with E-state index in [0.29, 0.717) is 0 Å².